The van der Waals surface area contributed by atoms with Gasteiger partial charge in [-0.25, -0.2) is 0 Å². The van der Waals surface area contributed by atoms with Crippen LogP contribution in [0.3, 0.4) is 0 Å². The Morgan fingerprint density at radius 2 is 1.82 bits per heavy atom. The maximum atomic E-state index is 7.00. The van der Waals surface area contributed by atoms with E-state index in [1.165, 1.54) is 6.42 Å². The molecule has 1 nitrogen and oxygen atoms in total. The number of allylic oxidation sites excluding steroid dienone is 2. The highest BCUT2D eigenvalue weighted by molar-refractivity contribution is 5.27. The van der Waals surface area contributed by atoms with Crippen LogP contribution in [0, 0.1) is 16.7 Å². The lowest BCUT2D eigenvalue weighted by molar-refractivity contribution is -0.0181. The van der Waals surface area contributed by atoms with Gasteiger partial charge in [-0.15, -0.1) is 0 Å². The topological polar surface area (TPSA) is 20.2 Å². The summed E-state index contributed by atoms with van der Waals surface area (Å²) in [7, 11) is 1.00. The fraction of sp³-hybridized carbons (Fsp3) is 0.800. The molecule has 0 amide bonds. The molecule has 1 fully saturated rings. The Labute approximate surface area is 69.1 Å². The van der Waals surface area contributed by atoms with Crippen molar-refractivity contribution in [2.75, 3.05) is 7.11 Å². The van der Waals surface area contributed by atoms with E-state index in [4.69, 9.17) is 5.11 Å². The molecule has 2 atom stereocenters. The molecule has 0 spiro atoms. The van der Waals surface area contributed by atoms with E-state index < -0.39 is 0 Å². The van der Waals surface area contributed by atoms with Crippen LogP contribution in [0.5, 0.6) is 0 Å². The predicted octanol–water partition coefficient (Wildman–Crippen LogP) is 2.22. The summed E-state index contributed by atoms with van der Waals surface area (Å²) < 4.78 is 0. The van der Waals surface area contributed by atoms with Crippen LogP contribution in [0.15, 0.2) is 12.2 Å². The van der Waals surface area contributed by atoms with Gasteiger partial charge in [-0.3, -0.25) is 0 Å². The molecule has 1 heteroatoms. The highest BCUT2D eigenvalue weighted by Gasteiger charge is 2.57. The zero-order valence-electron chi connectivity index (χ0n) is 7.89. The zero-order valence-corrected chi connectivity index (χ0v) is 7.89. The molecule has 0 saturated heterocycles. The normalized spacial score (nSPS) is 42.5. The molecule has 2 bridgehead atoms. The minimum absolute atomic E-state index is 0.553. The number of aliphatic hydroxyl groups excluding tert-OH is 1. The van der Waals surface area contributed by atoms with Crippen LogP contribution < -0.4 is 0 Å². The van der Waals surface area contributed by atoms with Gasteiger partial charge >= 0.3 is 0 Å². The number of rotatable bonds is 0. The Hall–Kier alpha value is -0.300. The average Bonchev–Trinajstić information content (AvgIpc) is 2.47. The molecule has 1 N–H and O–H groups in total. The summed E-state index contributed by atoms with van der Waals surface area (Å²) in [6, 6.07) is 0. The van der Waals surface area contributed by atoms with Crippen molar-refractivity contribution in [3.63, 3.8) is 0 Å². The lowest BCUT2D eigenvalue weighted by atomic mass is 9.51. The minimum Gasteiger partial charge on any atom is -0.400 e. The third kappa shape index (κ3) is 0.871. The van der Waals surface area contributed by atoms with Crippen LogP contribution in [-0.4, -0.2) is 12.2 Å². The third-order valence-electron chi connectivity index (χ3n) is 3.74. The molecule has 3 rings (SSSR count). The van der Waals surface area contributed by atoms with Gasteiger partial charge in [0.25, 0.3) is 0 Å². The summed E-state index contributed by atoms with van der Waals surface area (Å²) in [5.74, 6) is 0.891. The van der Waals surface area contributed by atoms with Crippen LogP contribution in [0.2, 0.25) is 0 Å². The molecule has 64 valence electrons. The van der Waals surface area contributed by atoms with Crippen molar-refractivity contribution in [1.82, 2.24) is 0 Å². The summed E-state index contributed by atoms with van der Waals surface area (Å²) in [5, 5.41) is 7.00. The molecule has 3 aliphatic carbocycles. The first-order valence-electron chi connectivity index (χ1n) is 4.20. The average molecular weight is 154 g/mol. The lowest BCUT2D eigenvalue weighted by Crippen LogP contribution is -2.46. The molecule has 11 heavy (non-hydrogen) atoms. The monoisotopic (exact) mass is 154 g/mol. The molecule has 3 aliphatic rings. The molecule has 0 radical (unpaired) electrons. The summed E-state index contributed by atoms with van der Waals surface area (Å²) in [6.07, 6.45) is 6.19. The van der Waals surface area contributed by atoms with E-state index >= 15 is 0 Å². The second-order valence-corrected chi connectivity index (χ2v) is 4.31. The summed E-state index contributed by atoms with van der Waals surface area (Å²) in [5.41, 5.74) is 1.13. The van der Waals surface area contributed by atoms with Crippen molar-refractivity contribution in [2.24, 2.45) is 16.7 Å². The first kappa shape index (κ1) is 8.79. The first-order chi connectivity index (χ1) is 5.06. The van der Waals surface area contributed by atoms with E-state index in [0.717, 1.165) is 13.0 Å². The van der Waals surface area contributed by atoms with Crippen molar-refractivity contribution >= 4 is 0 Å². The van der Waals surface area contributed by atoms with Crippen LogP contribution in [0.4, 0.5) is 0 Å². The van der Waals surface area contributed by atoms with Crippen LogP contribution in [0.25, 0.3) is 0 Å². The van der Waals surface area contributed by atoms with Crippen molar-refractivity contribution < 1.29 is 5.11 Å². The van der Waals surface area contributed by atoms with E-state index in [1.807, 2.05) is 0 Å². The van der Waals surface area contributed by atoms with Gasteiger partial charge in [0.05, 0.1) is 0 Å². The van der Waals surface area contributed by atoms with Gasteiger partial charge in [0, 0.05) is 7.11 Å². The second-order valence-electron chi connectivity index (χ2n) is 4.31. The summed E-state index contributed by atoms with van der Waals surface area (Å²) in [4.78, 5) is 0. The molecule has 0 aromatic carbocycles. The molecule has 0 aromatic heterocycles. The van der Waals surface area contributed by atoms with Gasteiger partial charge < -0.3 is 5.11 Å². The Kier molecular flexibility index (Phi) is 1.87. The van der Waals surface area contributed by atoms with E-state index in [0.29, 0.717) is 10.8 Å². The zero-order chi connectivity index (χ0) is 8.70. The molecule has 0 heterocycles. The van der Waals surface area contributed by atoms with E-state index in [9.17, 15) is 0 Å². The summed E-state index contributed by atoms with van der Waals surface area (Å²) >= 11 is 0. The van der Waals surface area contributed by atoms with Gasteiger partial charge in [0.15, 0.2) is 0 Å². The van der Waals surface area contributed by atoms with Crippen molar-refractivity contribution in [2.45, 2.75) is 27.2 Å². The Morgan fingerprint density at radius 3 is 1.91 bits per heavy atom. The molecule has 0 aromatic rings. The van der Waals surface area contributed by atoms with E-state index in [2.05, 4.69) is 32.9 Å². The Bertz CT molecular complexity index is 181. The van der Waals surface area contributed by atoms with Crippen molar-refractivity contribution in [3.8, 4) is 0 Å². The van der Waals surface area contributed by atoms with E-state index in [1.54, 1.807) is 0 Å². The largest absolute Gasteiger partial charge is 0.400 e. The molecule has 2 unspecified atom stereocenters. The van der Waals surface area contributed by atoms with E-state index in [-0.39, 0.29) is 0 Å². The number of aliphatic hydroxyl groups is 1. The SMILES string of the molecule is CC12C=CC(C1)C2(C)C.CO. The Morgan fingerprint density at radius 1 is 1.27 bits per heavy atom. The highest BCUT2D eigenvalue weighted by Crippen LogP contribution is 2.66. The van der Waals surface area contributed by atoms with Crippen LogP contribution >= 0.6 is 0 Å². The fourth-order valence-corrected chi connectivity index (χ4v) is 2.19. The standard InChI is InChI=1S/C9H14.CH4O/c1-8(2)7-4-5-9(8,3)6-7;1-2/h4-5,7H,6H2,1-3H3;2H,1H3. The van der Waals surface area contributed by atoms with Gasteiger partial charge in [0.2, 0.25) is 0 Å². The lowest BCUT2D eigenvalue weighted by Gasteiger charge is -2.53. The smallest absolute Gasteiger partial charge is 0.0319 e. The number of hydrogen-bond donors (Lipinski definition) is 1. The van der Waals surface area contributed by atoms with Crippen LogP contribution in [-0.2, 0) is 0 Å². The second kappa shape index (κ2) is 2.34. The van der Waals surface area contributed by atoms with Gasteiger partial charge in [-0.1, -0.05) is 32.9 Å². The molecule has 1 saturated carbocycles. The predicted molar refractivity (Wildman–Crippen MR) is 47.3 cm³/mol. The molecule has 0 aliphatic heterocycles. The van der Waals surface area contributed by atoms with Crippen LogP contribution in [0.1, 0.15) is 27.2 Å². The third-order valence-corrected chi connectivity index (χ3v) is 3.74. The molecular weight excluding hydrogens is 136 g/mol. The maximum Gasteiger partial charge on any atom is 0.0319 e. The quantitative estimate of drug-likeness (QED) is 0.530. The van der Waals surface area contributed by atoms with Gasteiger partial charge in [-0.05, 0) is 23.2 Å². The molecular formula is C10H18O. The van der Waals surface area contributed by atoms with Crippen molar-refractivity contribution in [3.05, 3.63) is 12.2 Å². The fourth-order valence-electron chi connectivity index (χ4n) is 2.19. The van der Waals surface area contributed by atoms with Gasteiger partial charge in [-0.2, -0.15) is 0 Å². The Balaban J connectivity index is 0.000000281. The van der Waals surface area contributed by atoms with Crippen molar-refractivity contribution in [1.29, 1.82) is 0 Å². The first-order valence-corrected chi connectivity index (χ1v) is 4.20. The maximum absolute atomic E-state index is 7.00. The minimum atomic E-state index is 0.553. The summed E-state index contributed by atoms with van der Waals surface area (Å²) in [6.45, 7) is 7.12. The highest BCUT2D eigenvalue weighted by atomic mass is 16.2. The van der Waals surface area contributed by atoms with Gasteiger partial charge in [0.1, 0.15) is 0 Å². The number of hydrogen-bond acceptors (Lipinski definition) is 1.